The molecule has 2 rings (SSSR count). The van der Waals surface area contributed by atoms with Gasteiger partial charge < -0.3 is 14.8 Å². The number of ether oxygens (including phenoxy) is 1. The lowest BCUT2D eigenvalue weighted by Crippen LogP contribution is -2.17. The highest BCUT2D eigenvalue weighted by molar-refractivity contribution is 7.92. The minimum atomic E-state index is -5.16. The van der Waals surface area contributed by atoms with Gasteiger partial charge in [-0.3, -0.25) is 4.72 Å². The molecule has 0 saturated carbocycles. The Morgan fingerprint density at radius 2 is 1.52 bits per heavy atom. The van der Waals surface area contributed by atoms with Crippen molar-refractivity contribution in [2.45, 2.75) is 31.1 Å². The Balaban J connectivity index is 2.56. The number of H-pyrrole nitrogens is 1. The number of alkyl halides is 6. The maximum Gasteiger partial charge on any atom is 0.512 e. The number of aryl methyl sites for hydroxylation is 1. The van der Waals surface area contributed by atoms with E-state index in [-0.39, 0.29) is 29.5 Å². The molecule has 7 nitrogen and oxygen atoms in total. The summed E-state index contributed by atoms with van der Waals surface area (Å²) in [6.07, 6.45) is -12.1. The second-order valence-electron chi connectivity index (χ2n) is 5.80. The smallest absolute Gasteiger partial charge is 0.449 e. The van der Waals surface area contributed by atoms with Gasteiger partial charge in [-0.2, -0.15) is 26.3 Å². The number of rotatable bonds is 4. The van der Waals surface area contributed by atoms with Gasteiger partial charge in [0.15, 0.2) is 0 Å². The van der Waals surface area contributed by atoms with Crippen LogP contribution in [-0.2, 0) is 22.4 Å². The maximum absolute atomic E-state index is 12.9. The number of hydrogen-bond donors (Lipinski definition) is 3. The van der Waals surface area contributed by atoms with E-state index in [1.807, 2.05) is 0 Å². The predicted octanol–water partition coefficient (Wildman–Crippen LogP) is 4.53. The Morgan fingerprint density at radius 3 is 1.93 bits per heavy atom. The van der Waals surface area contributed by atoms with Gasteiger partial charge in [-0.15, -0.1) is 0 Å². The standard InChI is InChI=1S/C15H12F6N2O5S/c1-6-11(7(2)22-12(6)28-13(24)25)29(26,27)23-10-4-8(14(16,17)18)3-9(5-10)15(19,20)21/h3-5,22-23H,1-2H3,(H,24,25). The monoisotopic (exact) mass is 446 g/mol. The Kier molecular flexibility index (Phi) is 5.53. The third-order valence-corrected chi connectivity index (χ3v) is 5.28. The van der Waals surface area contributed by atoms with E-state index in [2.05, 4.69) is 9.72 Å². The number of benzene rings is 1. The van der Waals surface area contributed by atoms with Crippen LogP contribution in [0, 0.1) is 13.8 Å². The van der Waals surface area contributed by atoms with Crippen molar-refractivity contribution in [3.8, 4) is 5.88 Å². The molecule has 29 heavy (non-hydrogen) atoms. The molecule has 0 spiro atoms. The minimum Gasteiger partial charge on any atom is -0.449 e. The van der Waals surface area contributed by atoms with Gasteiger partial charge in [0.25, 0.3) is 10.0 Å². The fourth-order valence-electron chi connectivity index (χ4n) is 2.52. The number of aromatic amines is 1. The molecule has 0 saturated heterocycles. The van der Waals surface area contributed by atoms with E-state index in [1.54, 1.807) is 4.72 Å². The molecule has 0 radical (unpaired) electrons. The highest BCUT2D eigenvalue weighted by atomic mass is 32.2. The first-order valence-corrected chi connectivity index (χ1v) is 8.93. The molecule has 2 aromatic rings. The number of sulfonamides is 1. The fraction of sp³-hybridized carbons (Fsp3) is 0.267. The highest BCUT2D eigenvalue weighted by Gasteiger charge is 2.37. The quantitative estimate of drug-likeness (QED) is 0.473. The fourth-order valence-corrected chi connectivity index (χ4v) is 4.00. The van der Waals surface area contributed by atoms with E-state index >= 15 is 0 Å². The van der Waals surface area contributed by atoms with Crippen LogP contribution in [0.3, 0.4) is 0 Å². The lowest BCUT2D eigenvalue weighted by atomic mass is 10.1. The van der Waals surface area contributed by atoms with Gasteiger partial charge in [-0.05, 0) is 32.0 Å². The first kappa shape index (κ1) is 22.4. The number of halogens is 6. The summed E-state index contributed by atoms with van der Waals surface area (Å²) >= 11 is 0. The first-order chi connectivity index (χ1) is 13.0. The van der Waals surface area contributed by atoms with Gasteiger partial charge in [0.1, 0.15) is 4.90 Å². The van der Waals surface area contributed by atoms with Crippen molar-refractivity contribution in [2.75, 3.05) is 4.72 Å². The second-order valence-corrected chi connectivity index (χ2v) is 7.42. The minimum absolute atomic E-state index is 0.144. The molecule has 14 heteroatoms. The Morgan fingerprint density at radius 1 is 1.03 bits per heavy atom. The molecule has 3 N–H and O–H groups in total. The van der Waals surface area contributed by atoms with Crippen LogP contribution < -0.4 is 9.46 Å². The number of nitrogens with one attached hydrogen (secondary N) is 2. The topological polar surface area (TPSA) is 108 Å². The summed E-state index contributed by atoms with van der Waals surface area (Å²) in [5, 5.41) is 8.62. The number of aromatic nitrogens is 1. The van der Waals surface area contributed by atoms with Crippen LogP contribution in [0.15, 0.2) is 23.1 Å². The lowest BCUT2D eigenvalue weighted by Gasteiger charge is -2.15. The zero-order valence-electron chi connectivity index (χ0n) is 14.5. The summed E-state index contributed by atoms with van der Waals surface area (Å²) < 4.78 is 109. The van der Waals surface area contributed by atoms with Gasteiger partial charge in [0.2, 0.25) is 5.88 Å². The molecule has 160 valence electrons. The van der Waals surface area contributed by atoms with Gasteiger partial charge >= 0.3 is 18.5 Å². The molecular formula is C15H12F6N2O5S. The van der Waals surface area contributed by atoms with Gasteiger partial charge in [0, 0.05) is 11.3 Å². The van der Waals surface area contributed by atoms with Crippen LogP contribution >= 0.6 is 0 Å². The van der Waals surface area contributed by atoms with Crippen LogP contribution in [0.5, 0.6) is 5.88 Å². The van der Waals surface area contributed by atoms with Crippen molar-refractivity contribution in [2.24, 2.45) is 0 Å². The molecule has 0 bridgehead atoms. The summed E-state index contributed by atoms with van der Waals surface area (Å²) in [6, 6.07) is 0.265. The van der Waals surface area contributed by atoms with Crippen molar-refractivity contribution in [3.05, 3.63) is 40.6 Å². The van der Waals surface area contributed by atoms with E-state index < -0.39 is 56.1 Å². The summed E-state index contributed by atoms with van der Waals surface area (Å²) in [4.78, 5) is 12.4. The summed E-state index contributed by atoms with van der Waals surface area (Å²) in [5.41, 5.74) is -4.77. The predicted molar refractivity (Wildman–Crippen MR) is 86.2 cm³/mol. The first-order valence-electron chi connectivity index (χ1n) is 7.44. The van der Waals surface area contributed by atoms with E-state index in [1.165, 1.54) is 6.92 Å². The zero-order chi connectivity index (χ0) is 22.4. The largest absolute Gasteiger partial charge is 0.512 e. The van der Waals surface area contributed by atoms with Crippen molar-refractivity contribution >= 4 is 21.9 Å². The van der Waals surface area contributed by atoms with Crippen molar-refractivity contribution in [1.82, 2.24) is 4.98 Å². The van der Waals surface area contributed by atoms with Crippen LogP contribution in [0.1, 0.15) is 22.4 Å². The third-order valence-electron chi connectivity index (χ3n) is 3.62. The highest BCUT2D eigenvalue weighted by Crippen LogP contribution is 2.38. The maximum atomic E-state index is 12.9. The molecule has 0 atom stereocenters. The van der Waals surface area contributed by atoms with Crippen LogP contribution in [0.4, 0.5) is 36.8 Å². The molecule has 0 aliphatic heterocycles. The van der Waals surface area contributed by atoms with Crippen LogP contribution in [0.2, 0.25) is 0 Å². The normalized spacial score (nSPS) is 12.7. The van der Waals surface area contributed by atoms with Crippen molar-refractivity contribution in [3.63, 3.8) is 0 Å². The molecule has 0 amide bonds. The number of hydrogen-bond acceptors (Lipinski definition) is 4. The Bertz CT molecular complexity index is 1020. The Labute approximate surface area is 159 Å². The molecule has 0 unspecified atom stereocenters. The van der Waals surface area contributed by atoms with Crippen molar-refractivity contribution in [1.29, 1.82) is 0 Å². The third kappa shape index (κ3) is 4.93. The lowest BCUT2D eigenvalue weighted by molar-refractivity contribution is -0.143. The molecule has 0 aliphatic rings. The summed E-state index contributed by atoms with van der Waals surface area (Å²) in [6.45, 7) is 2.34. The van der Waals surface area contributed by atoms with Crippen LogP contribution in [-0.4, -0.2) is 24.7 Å². The number of carboxylic acid groups (broad SMARTS) is 1. The molecule has 1 aromatic carbocycles. The average molecular weight is 446 g/mol. The number of anilines is 1. The van der Waals surface area contributed by atoms with E-state index in [0.717, 1.165) is 6.92 Å². The van der Waals surface area contributed by atoms with E-state index in [9.17, 15) is 39.6 Å². The molecular weight excluding hydrogens is 434 g/mol. The van der Waals surface area contributed by atoms with Gasteiger partial charge in [-0.1, -0.05) is 0 Å². The average Bonchev–Trinajstić information content (AvgIpc) is 2.78. The SMILES string of the molecule is Cc1[nH]c(OC(=O)O)c(C)c1S(=O)(=O)Nc1cc(C(F)(F)F)cc(C(F)(F)F)c1. The molecule has 1 heterocycles. The second kappa shape index (κ2) is 7.17. The molecule has 1 aromatic heterocycles. The Hall–Kier alpha value is -2.90. The number of carbonyl (C=O) groups is 1. The zero-order valence-corrected chi connectivity index (χ0v) is 15.3. The molecule has 0 fully saturated rings. The molecule has 0 aliphatic carbocycles. The van der Waals surface area contributed by atoms with E-state index in [4.69, 9.17) is 5.11 Å². The summed E-state index contributed by atoms with van der Waals surface area (Å²) in [5.74, 6) is -0.463. The van der Waals surface area contributed by atoms with Gasteiger partial charge in [-0.25, -0.2) is 13.2 Å². The van der Waals surface area contributed by atoms with Crippen molar-refractivity contribution < 1.29 is 49.4 Å². The van der Waals surface area contributed by atoms with Crippen LogP contribution in [0.25, 0.3) is 0 Å². The summed E-state index contributed by atoms with van der Waals surface area (Å²) in [7, 11) is -4.70. The van der Waals surface area contributed by atoms with Gasteiger partial charge in [0.05, 0.1) is 16.8 Å². The van der Waals surface area contributed by atoms with E-state index in [0.29, 0.717) is 0 Å².